The van der Waals surface area contributed by atoms with Crippen molar-refractivity contribution < 1.29 is 5.11 Å². The van der Waals surface area contributed by atoms with Gasteiger partial charge in [0.25, 0.3) is 0 Å². The maximum atomic E-state index is 8.92. The Bertz CT molecular complexity index is 333. The smallest absolute Gasteiger partial charge is 0.0471 e. The van der Waals surface area contributed by atoms with E-state index in [9.17, 15) is 0 Å². The quantitative estimate of drug-likeness (QED) is 0.821. The summed E-state index contributed by atoms with van der Waals surface area (Å²) in [5.74, 6) is 1.76. The third-order valence-electron chi connectivity index (χ3n) is 4.40. The summed E-state index contributed by atoms with van der Waals surface area (Å²) in [7, 11) is 0. The summed E-state index contributed by atoms with van der Waals surface area (Å²) in [6.45, 7) is 2.55. The van der Waals surface area contributed by atoms with Crippen molar-refractivity contribution in [3.8, 4) is 0 Å². The largest absolute Gasteiger partial charge is 0.396 e. The fraction of sp³-hybridized carbons (Fsp3) is 0.647. The van der Waals surface area contributed by atoms with Gasteiger partial charge in [0, 0.05) is 6.61 Å². The second-order valence-corrected chi connectivity index (χ2v) is 5.72. The van der Waals surface area contributed by atoms with Crippen LogP contribution in [0, 0.1) is 5.92 Å². The van der Waals surface area contributed by atoms with Gasteiger partial charge in [-0.2, -0.15) is 0 Å². The van der Waals surface area contributed by atoms with Crippen LogP contribution in [0.15, 0.2) is 24.3 Å². The van der Waals surface area contributed by atoms with Crippen LogP contribution < -0.4 is 0 Å². The van der Waals surface area contributed by atoms with E-state index in [1.807, 2.05) is 0 Å². The van der Waals surface area contributed by atoms with Gasteiger partial charge in [0.1, 0.15) is 0 Å². The average Bonchev–Trinajstić information content (AvgIpc) is 2.41. The van der Waals surface area contributed by atoms with Gasteiger partial charge in [0.05, 0.1) is 0 Å². The molecule has 1 nitrogen and oxygen atoms in total. The number of hydrogen-bond donors (Lipinski definition) is 1. The zero-order chi connectivity index (χ0) is 12.8. The number of aliphatic hydroxyl groups excluding tert-OH is 1. The SMILES string of the molecule is CCC[C@H]1CC[C@H](c2ccc(CCO)cc2)CC1. The highest BCUT2D eigenvalue weighted by Crippen LogP contribution is 2.37. The van der Waals surface area contributed by atoms with E-state index < -0.39 is 0 Å². The summed E-state index contributed by atoms with van der Waals surface area (Å²) in [4.78, 5) is 0. The molecule has 0 amide bonds. The van der Waals surface area contributed by atoms with Gasteiger partial charge in [0.2, 0.25) is 0 Å². The lowest BCUT2D eigenvalue weighted by Crippen LogP contribution is -2.13. The van der Waals surface area contributed by atoms with Gasteiger partial charge in [-0.25, -0.2) is 0 Å². The predicted octanol–water partition coefficient (Wildman–Crippen LogP) is 4.30. The Labute approximate surface area is 111 Å². The Hall–Kier alpha value is -0.820. The summed E-state index contributed by atoms with van der Waals surface area (Å²) in [5, 5.41) is 8.92. The Morgan fingerprint density at radius 3 is 2.28 bits per heavy atom. The fourth-order valence-electron chi connectivity index (χ4n) is 3.28. The number of hydrogen-bond acceptors (Lipinski definition) is 1. The Kier molecular flexibility index (Phi) is 5.25. The molecule has 0 radical (unpaired) electrons. The maximum absolute atomic E-state index is 8.92. The molecule has 0 saturated heterocycles. The highest BCUT2D eigenvalue weighted by Gasteiger charge is 2.21. The molecule has 0 atom stereocenters. The maximum Gasteiger partial charge on any atom is 0.0471 e. The molecule has 1 heteroatoms. The van der Waals surface area contributed by atoms with Crippen LogP contribution in [-0.4, -0.2) is 11.7 Å². The van der Waals surface area contributed by atoms with E-state index in [0.717, 1.165) is 18.3 Å². The van der Waals surface area contributed by atoms with Gasteiger partial charge in [-0.3, -0.25) is 0 Å². The first-order valence-electron chi connectivity index (χ1n) is 7.53. The van der Waals surface area contributed by atoms with Crippen LogP contribution in [0.4, 0.5) is 0 Å². The highest BCUT2D eigenvalue weighted by molar-refractivity contribution is 5.25. The molecule has 1 aliphatic rings. The van der Waals surface area contributed by atoms with Gasteiger partial charge in [-0.05, 0) is 55.1 Å². The molecule has 18 heavy (non-hydrogen) atoms. The minimum atomic E-state index is 0.251. The topological polar surface area (TPSA) is 20.2 Å². The summed E-state index contributed by atoms with van der Waals surface area (Å²) in [6, 6.07) is 8.92. The summed E-state index contributed by atoms with van der Waals surface area (Å²) in [5.41, 5.74) is 2.76. The molecule has 1 saturated carbocycles. The number of aliphatic hydroxyl groups is 1. The molecule has 1 N–H and O–H groups in total. The molecule has 0 aromatic heterocycles. The van der Waals surface area contributed by atoms with Crippen LogP contribution in [0.25, 0.3) is 0 Å². The van der Waals surface area contributed by atoms with Gasteiger partial charge in [0.15, 0.2) is 0 Å². The van der Waals surface area contributed by atoms with Crippen molar-refractivity contribution >= 4 is 0 Å². The summed E-state index contributed by atoms with van der Waals surface area (Å²) < 4.78 is 0. The van der Waals surface area contributed by atoms with Crippen molar-refractivity contribution in [2.75, 3.05) is 6.61 Å². The first-order chi connectivity index (χ1) is 8.83. The van der Waals surface area contributed by atoms with E-state index >= 15 is 0 Å². The normalized spacial score (nSPS) is 24.1. The van der Waals surface area contributed by atoms with E-state index in [0.29, 0.717) is 0 Å². The molecule has 2 rings (SSSR count). The lowest BCUT2D eigenvalue weighted by atomic mass is 9.77. The Balaban J connectivity index is 1.89. The molecular formula is C17H26O. The molecule has 0 bridgehead atoms. The first kappa shape index (κ1) is 13.6. The molecule has 1 fully saturated rings. The fourth-order valence-corrected chi connectivity index (χ4v) is 3.28. The summed E-state index contributed by atoms with van der Waals surface area (Å²) >= 11 is 0. The molecule has 100 valence electrons. The van der Waals surface area contributed by atoms with Crippen molar-refractivity contribution in [3.63, 3.8) is 0 Å². The lowest BCUT2D eigenvalue weighted by Gasteiger charge is -2.28. The molecule has 1 aromatic carbocycles. The van der Waals surface area contributed by atoms with Crippen molar-refractivity contribution in [1.29, 1.82) is 0 Å². The van der Waals surface area contributed by atoms with Crippen LogP contribution in [0.5, 0.6) is 0 Å². The van der Waals surface area contributed by atoms with Crippen molar-refractivity contribution in [3.05, 3.63) is 35.4 Å². The molecule has 1 aliphatic carbocycles. The van der Waals surface area contributed by atoms with Crippen LogP contribution >= 0.6 is 0 Å². The van der Waals surface area contributed by atoms with Crippen molar-refractivity contribution in [1.82, 2.24) is 0 Å². The molecule has 0 aliphatic heterocycles. The van der Waals surface area contributed by atoms with Gasteiger partial charge in [-0.1, -0.05) is 44.0 Å². The van der Waals surface area contributed by atoms with Gasteiger partial charge in [-0.15, -0.1) is 0 Å². The Morgan fingerprint density at radius 1 is 1.06 bits per heavy atom. The molecular weight excluding hydrogens is 220 g/mol. The lowest BCUT2D eigenvalue weighted by molar-refractivity contribution is 0.299. The van der Waals surface area contributed by atoms with E-state index in [4.69, 9.17) is 5.11 Å². The van der Waals surface area contributed by atoms with Crippen LogP contribution in [-0.2, 0) is 6.42 Å². The number of rotatable bonds is 5. The third kappa shape index (κ3) is 3.58. The first-order valence-corrected chi connectivity index (χ1v) is 7.53. The van der Waals surface area contributed by atoms with Crippen LogP contribution in [0.2, 0.25) is 0 Å². The molecule has 1 aromatic rings. The van der Waals surface area contributed by atoms with E-state index in [2.05, 4.69) is 31.2 Å². The van der Waals surface area contributed by atoms with Gasteiger partial charge >= 0.3 is 0 Å². The van der Waals surface area contributed by atoms with Crippen molar-refractivity contribution in [2.45, 2.75) is 57.8 Å². The zero-order valence-corrected chi connectivity index (χ0v) is 11.6. The second kappa shape index (κ2) is 6.94. The minimum Gasteiger partial charge on any atom is -0.396 e. The average molecular weight is 246 g/mol. The van der Waals surface area contributed by atoms with E-state index in [1.165, 1.54) is 49.7 Å². The van der Waals surface area contributed by atoms with Gasteiger partial charge < -0.3 is 5.11 Å². The zero-order valence-electron chi connectivity index (χ0n) is 11.6. The second-order valence-electron chi connectivity index (χ2n) is 5.72. The van der Waals surface area contributed by atoms with Crippen molar-refractivity contribution in [2.24, 2.45) is 5.92 Å². The monoisotopic (exact) mass is 246 g/mol. The molecule has 0 heterocycles. The Morgan fingerprint density at radius 2 is 1.72 bits per heavy atom. The van der Waals surface area contributed by atoms with E-state index in [-0.39, 0.29) is 6.61 Å². The van der Waals surface area contributed by atoms with E-state index in [1.54, 1.807) is 0 Å². The molecule has 0 unspecified atom stereocenters. The molecule has 0 spiro atoms. The van der Waals surface area contributed by atoms with Crippen LogP contribution in [0.3, 0.4) is 0 Å². The minimum absolute atomic E-state index is 0.251. The summed E-state index contributed by atoms with van der Waals surface area (Å²) in [6.07, 6.45) is 9.10. The predicted molar refractivity (Wildman–Crippen MR) is 76.8 cm³/mol. The third-order valence-corrected chi connectivity index (χ3v) is 4.40. The van der Waals surface area contributed by atoms with Crippen LogP contribution in [0.1, 0.15) is 62.5 Å². The number of benzene rings is 1. The highest BCUT2D eigenvalue weighted by atomic mass is 16.2. The standard InChI is InChI=1S/C17H26O/c1-2-3-14-4-8-16(9-5-14)17-10-6-15(7-11-17)12-13-18/h6-7,10-11,14,16,18H,2-5,8-9,12-13H2,1H3/t14-,16-.